The molecule has 5 nitrogen and oxygen atoms in total. The molecule has 18 heavy (non-hydrogen) atoms. The predicted octanol–water partition coefficient (Wildman–Crippen LogP) is 1.81. The minimum atomic E-state index is -0.0574. The minimum absolute atomic E-state index is 0.0201. The lowest BCUT2D eigenvalue weighted by Gasteiger charge is -2.20. The third-order valence-electron chi connectivity index (χ3n) is 2.25. The molecule has 0 saturated heterocycles. The zero-order chi connectivity index (χ0) is 13.6. The molecule has 0 saturated carbocycles. The van der Waals surface area contributed by atoms with Gasteiger partial charge in [0.15, 0.2) is 0 Å². The molecule has 0 unspecified atom stereocenters. The van der Waals surface area contributed by atoms with Crippen molar-refractivity contribution in [2.45, 2.75) is 32.7 Å². The number of rotatable bonds is 5. The molecule has 0 aliphatic rings. The number of hydrogen-bond donors (Lipinski definition) is 2. The first-order valence-electron chi connectivity index (χ1n) is 5.96. The van der Waals surface area contributed by atoms with Crippen molar-refractivity contribution in [3.8, 4) is 5.88 Å². The SMILES string of the molecule is COc1ncccc1NC(=O)CCNC(C)(C)C. The first-order chi connectivity index (χ1) is 8.42. The molecule has 0 bridgehead atoms. The molecule has 1 amide bonds. The Morgan fingerprint density at radius 3 is 2.78 bits per heavy atom. The fraction of sp³-hybridized carbons (Fsp3) is 0.538. The number of pyridine rings is 1. The quantitative estimate of drug-likeness (QED) is 0.837. The second kappa shape index (κ2) is 6.35. The highest BCUT2D eigenvalue weighted by atomic mass is 16.5. The Kier molecular flexibility index (Phi) is 5.09. The van der Waals surface area contributed by atoms with E-state index in [1.54, 1.807) is 18.3 Å². The second-order valence-corrected chi connectivity index (χ2v) is 5.04. The molecule has 0 fully saturated rings. The molecular weight excluding hydrogens is 230 g/mol. The monoisotopic (exact) mass is 251 g/mol. The van der Waals surface area contributed by atoms with Gasteiger partial charge in [0.05, 0.1) is 7.11 Å². The van der Waals surface area contributed by atoms with Crippen molar-refractivity contribution in [2.75, 3.05) is 19.0 Å². The molecule has 1 rings (SSSR count). The fourth-order valence-corrected chi connectivity index (χ4v) is 1.41. The maximum Gasteiger partial charge on any atom is 0.237 e. The lowest BCUT2D eigenvalue weighted by atomic mass is 10.1. The molecule has 0 spiro atoms. The Balaban J connectivity index is 2.45. The van der Waals surface area contributed by atoms with Gasteiger partial charge in [0.25, 0.3) is 0 Å². The summed E-state index contributed by atoms with van der Waals surface area (Å²) in [5.74, 6) is 0.368. The van der Waals surface area contributed by atoms with Gasteiger partial charge in [-0.2, -0.15) is 0 Å². The summed E-state index contributed by atoms with van der Waals surface area (Å²) in [6.45, 7) is 6.83. The Bertz CT molecular complexity index is 399. The topological polar surface area (TPSA) is 63.2 Å². The van der Waals surface area contributed by atoms with E-state index in [0.717, 1.165) is 0 Å². The van der Waals surface area contributed by atoms with Crippen LogP contribution in [0.3, 0.4) is 0 Å². The van der Waals surface area contributed by atoms with Crippen LogP contribution in [0, 0.1) is 0 Å². The molecule has 1 heterocycles. The normalized spacial score (nSPS) is 11.1. The Hall–Kier alpha value is -1.62. The van der Waals surface area contributed by atoms with Crippen LogP contribution in [0.25, 0.3) is 0 Å². The summed E-state index contributed by atoms with van der Waals surface area (Å²) in [4.78, 5) is 15.7. The lowest BCUT2D eigenvalue weighted by molar-refractivity contribution is -0.116. The minimum Gasteiger partial charge on any atom is -0.480 e. The lowest BCUT2D eigenvalue weighted by Crippen LogP contribution is -2.37. The van der Waals surface area contributed by atoms with Gasteiger partial charge in [0.1, 0.15) is 5.69 Å². The van der Waals surface area contributed by atoms with Crippen LogP contribution in [-0.4, -0.2) is 30.1 Å². The standard InChI is InChI=1S/C13H21N3O2/c1-13(2,3)15-9-7-11(17)16-10-6-5-8-14-12(10)18-4/h5-6,8,15H,7,9H2,1-4H3,(H,16,17). The van der Waals surface area contributed by atoms with E-state index in [1.165, 1.54) is 7.11 Å². The van der Waals surface area contributed by atoms with E-state index in [-0.39, 0.29) is 11.4 Å². The molecule has 0 radical (unpaired) electrons. The van der Waals surface area contributed by atoms with Crippen LogP contribution in [0.1, 0.15) is 27.2 Å². The summed E-state index contributed by atoms with van der Waals surface area (Å²) >= 11 is 0. The number of aromatic nitrogens is 1. The van der Waals surface area contributed by atoms with Gasteiger partial charge in [-0.1, -0.05) is 0 Å². The summed E-state index contributed by atoms with van der Waals surface area (Å²) in [5.41, 5.74) is 0.618. The number of anilines is 1. The summed E-state index contributed by atoms with van der Waals surface area (Å²) in [6, 6.07) is 3.52. The number of ether oxygens (including phenoxy) is 1. The average molecular weight is 251 g/mol. The summed E-state index contributed by atoms with van der Waals surface area (Å²) < 4.78 is 5.06. The first kappa shape index (κ1) is 14.4. The maximum absolute atomic E-state index is 11.7. The number of hydrogen-bond acceptors (Lipinski definition) is 4. The zero-order valence-electron chi connectivity index (χ0n) is 11.4. The smallest absolute Gasteiger partial charge is 0.237 e. The van der Waals surface area contributed by atoms with E-state index < -0.39 is 0 Å². The summed E-state index contributed by atoms with van der Waals surface area (Å²) in [6.07, 6.45) is 2.03. The van der Waals surface area contributed by atoms with Crippen molar-refractivity contribution in [1.29, 1.82) is 0 Å². The van der Waals surface area contributed by atoms with Crippen LogP contribution in [0.5, 0.6) is 5.88 Å². The van der Waals surface area contributed by atoms with Crippen molar-refractivity contribution < 1.29 is 9.53 Å². The van der Waals surface area contributed by atoms with E-state index in [1.807, 2.05) is 0 Å². The number of nitrogens with one attached hydrogen (secondary N) is 2. The molecule has 0 aliphatic carbocycles. The number of carbonyl (C=O) groups is 1. The molecule has 5 heteroatoms. The maximum atomic E-state index is 11.7. The molecule has 0 atom stereocenters. The van der Waals surface area contributed by atoms with Gasteiger partial charge in [0, 0.05) is 24.7 Å². The highest BCUT2D eigenvalue weighted by molar-refractivity contribution is 5.91. The van der Waals surface area contributed by atoms with E-state index in [9.17, 15) is 4.79 Å². The largest absolute Gasteiger partial charge is 0.480 e. The third-order valence-corrected chi connectivity index (χ3v) is 2.25. The molecule has 1 aromatic heterocycles. The van der Waals surface area contributed by atoms with Crippen molar-refractivity contribution >= 4 is 11.6 Å². The number of carbonyl (C=O) groups excluding carboxylic acids is 1. The first-order valence-corrected chi connectivity index (χ1v) is 5.96. The Morgan fingerprint density at radius 2 is 2.17 bits per heavy atom. The van der Waals surface area contributed by atoms with Crippen LogP contribution in [-0.2, 0) is 4.79 Å². The molecule has 0 aromatic carbocycles. The summed E-state index contributed by atoms with van der Waals surface area (Å²) in [7, 11) is 1.53. The highest BCUT2D eigenvalue weighted by Gasteiger charge is 2.11. The van der Waals surface area contributed by atoms with Crippen LogP contribution < -0.4 is 15.4 Å². The van der Waals surface area contributed by atoms with E-state index in [0.29, 0.717) is 24.5 Å². The van der Waals surface area contributed by atoms with Gasteiger partial charge in [-0.05, 0) is 32.9 Å². The molecular formula is C13H21N3O2. The van der Waals surface area contributed by atoms with Crippen molar-refractivity contribution in [3.63, 3.8) is 0 Å². The van der Waals surface area contributed by atoms with E-state index in [4.69, 9.17) is 4.74 Å². The molecule has 1 aromatic rings. The Labute approximate surface area is 108 Å². The summed E-state index contributed by atoms with van der Waals surface area (Å²) in [5, 5.41) is 6.04. The van der Waals surface area contributed by atoms with E-state index >= 15 is 0 Å². The van der Waals surface area contributed by atoms with Crippen molar-refractivity contribution in [3.05, 3.63) is 18.3 Å². The predicted molar refractivity (Wildman–Crippen MR) is 71.8 cm³/mol. The van der Waals surface area contributed by atoms with Gasteiger partial charge in [-0.25, -0.2) is 4.98 Å². The highest BCUT2D eigenvalue weighted by Crippen LogP contribution is 2.19. The zero-order valence-corrected chi connectivity index (χ0v) is 11.4. The van der Waals surface area contributed by atoms with Crippen LogP contribution in [0.2, 0.25) is 0 Å². The number of amides is 1. The Morgan fingerprint density at radius 1 is 1.44 bits per heavy atom. The van der Waals surface area contributed by atoms with Gasteiger partial charge in [-0.15, -0.1) is 0 Å². The van der Waals surface area contributed by atoms with Gasteiger partial charge >= 0.3 is 0 Å². The average Bonchev–Trinajstić information content (AvgIpc) is 2.28. The molecule has 0 aliphatic heterocycles. The second-order valence-electron chi connectivity index (χ2n) is 5.04. The third kappa shape index (κ3) is 5.14. The van der Waals surface area contributed by atoms with Crippen LogP contribution in [0.4, 0.5) is 5.69 Å². The van der Waals surface area contributed by atoms with Gasteiger partial charge in [0.2, 0.25) is 11.8 Å². The van der Waals surface area contributed by atoms with Gasteiger partial charge < -0.3 is 15.4 Å². The van der Waals surface area contributed by atoms with Crippen molar-refractivity contribution in [2.24, 2.45) is 0 Å². The van der Waals surface area contributed by atoms with Crippen molar-refractivity contribution in [1.82, 2.24) is 10.3 Å². The van der Waals surface area contributed by atoms with Gasteiger partial charge in [-0.3, -0.25) is 4.79 Å². The fourth-order valence-electron chi connectivity index (χ4n) is 1.41. The molecule has 100 valence electrons. The van der Waals surface area contributed by atoms with E-state index in [2.05, 4.69) is 36.4 Å². The number of methoxy groups -OCH3 is 1. The van der Waals surface area contributed by atoms with Crippen LogP contribution >= 0.6 is 0 Å². The molecule has 2 N–H and O–H groups in total. The van der Waals surface area contributed by atoms with Crippen LogP contribution in [0.15, 0.2) is 18.3 Å². The number of nitrogens with zero attached hydrogens (tertiary/aromatic N) is 1.